The van der Waals surface area contributed by atoms with Crippen LogP contribution >= 0.6 is 0 Å². The van der Waals surface area contributed by atoms with Crippen LogP contribution in [0.25, 0.3) is 0 Å². The van der Waals surface area contributed by atoms with Gasteiger partial charge in [0.15, 0.2) is 0 Å². The second-order valence-corrected chi connectivity index (χ2v) is 6.87. The third kappa shape index (κ3) is 3.42. The van der Waals surface area contributed by atoms with Crippen LogP contribution in [0.1, 0.15) is 51.5 Å². The van der Waals surface area contributed by atoms with Crippen LogP contribution in [-0.4, -0.2) is 33.6 Å². The van der Waals surface area contributed by atoms with Gasteiger partial charge in [0, 0.05) is 11.8 Å². The van der Waals surface area contributed by atoms with Crippen molar-refractivity contribution in [3.05, 3.63) is 46.0 Å². The van der Waals surface area contributed by atoms with E-state index in [1.54, 1.807) is 37.3 Å². The molecule has 0 unspecified atom stereocenters. The van der Waals surface area contributed by atoms with E-state index >= 15 is 0 Å². The highest BCUT2D eigenvalue weighted by molar-refractivity contribution is 5.88. The van der Waals surface area contributed by atoms with Crippen molar-refractivity contribution in [3.8, 4) is 0 Å². The molecule has 1 aromatic rings. The first-order valence-electron chi connectivity index (χ1n) is 8.29. The Morgan fingerprint density at radius 2 is 1.92 bits per heavy atom. The fourth-order valence-corrected chi connectivity index (χ4v) is 3.95. The fraction of sp³-hybridized carbons (Fsp3) is 0.556. The molecule has 1 N–H and O–H groups in total. The molecular weight excluding hydrogens is 326 g/mol. The van der Waals surface area contributed by atoms with Gasteiger partial charge in [0.25, 0.3) is 0 Å². The molecule has 25 heavy (non-hydrogen) atoms. The Labute approximate surface area is 146 Å². The molecule has 1 aromatic carbocycles. The standard InChI is InChI=1S/C18H23NO6/c1-4-18(16(21)25-12(2)20)11-10-17(3,22)15(19(23)24)14(18)13-8-6-5-7-9-13/h5-9,14-15,22H,4,10-11H2,1-3H3/t14-,15-,17+,18+/m0/s1. The fourth-order valence-electron chi connectivity index (χ4n) is 3.95. The lowest BCUT2D eigenvalue weighted by atomic mass is 9.56. The number of carbonyl (C=O) groups is 2. The van der Waals surface area contributed by atoms with E-state index in [0.29, 0.717) is 5.56 Å². The molecule has 0 aliphatic heterocycles. The summed E-state index contributed by atoms with van der Waals surface area (Å²) in [5, 5.41) is 22.5. The molecule has 136 valence electrons. The highest BCUT2D eigenvalue weighted by Crippen LogP contribution is 2.54. The van der Waals surface area contributed by atoms with Crippen LogP contribution in [-0.2, 0) is 14.3 Å². The summed E-state index contributed by atoms with van der Waals surface area (Å²) in [6, 6.07) is 7.25. The minimum absolute atomic E-state index is 0.0722. The van der Waals surface area contributed by atoms with Gasteiger partial charge < -0.3 is 9.84 Å². The molecule has 0 radical (unpaired) electrons. The zero-order chi connectivity index (χ0) is 18.8. The van der Waals surface area contributed by atoms with Crippen molar-refractivity contribution in [2.45, 2.75) is 57.6 Å². The van der Waals surface area contributed by atoms with Crippen LogP contribution < -0.4 is 0 Å². The number of carbonyl (C=O) groups excluding carboxylic acids is 2. The molecule has 1 aliphatic carbocycles. The Morgan fingerprint density at radius 1 is 1.32 bits per heavy atom. The van der Waals surface area contributed by atoms with E-state index < -0.39 is 39.8 Å². The summed E-state index contributed by atoms with van der Waals surface area (Å²) in [7, 11) is 0. The number of benzene rings is 1. The predicted molar refractivity (Wildman–Crippen MR) is 89.3 cm³/mol. The minimum Gasteiger partial charge on any atom is -0.393 e. The molecule has 0 heterocycles. The van der Waals surface area contributed by atoms with Crippen LogP contribution in [0.2, 0.25) is 0 Å². The van der Waals surface area contributed by atoms with E-state index in [9.17, 15) is 24.8 Å². The van der Waals surface area contributed by atoms with E-state index in [1.807, 2.05) is 0 Å². The number of aliphatic hydroxyl groups is 1. The number of esters is 2. The summed E-state index contributed by atoms with van der Waals surface area (Å²) in [6.07, 6.45) is 0.536. The summed E-state index contributed by atoms with van der Waals surface area (Å²) < 4.78 is 4.85. The number of nitro groups is 1. The maximum absolute atomic E-state index is 12.8. The van der Waals surface area contributed by atoms with Crippen molar-refractivity contribution < 1.29 is 24.4 Å². The summed E-state index contributed by atoms with van der Waals surface area (Å²) in [6.45, 7) is 4.30. The molecule has 0 amide bonds. The van der Waals surface area contributed by atoms with Gasteiger partial charge in [0.1, 0.15) is 5.60 Å². The molecule has 0 spiro atoms. The molecule has 1 saturated carbocycles. The van der Waals surface area contributed by atoms with Crippen molar-refractivity contribution in [3.63, 3.8) is 0 Å². The SMILES string of the molecule is CC[C@@]1(C(=O)OC(C)=O)CC[C@@](C)(O)[C@@H]([N+](=O)[O-])[C@@H]1c1ccccc1. The lowest BCUT2D eigenvalue weighted by Gasteiger charge is -2.47. The third-order valence-electron chi connectivity index (χ3n) is 5.29. The average Bonchev–Trinajstić information content (AvgIpc) is 2.54. The van der Waals surface area contributed by atoms with Gasteiger partial charge in [-0.25, -0.2) is 0 Å². The average molecular weight is 349 g/mol. The Balaban J connectivity index is 2.66. The molecule has 1 aliphatic rings. The summed E-state index contributed by atoms with van der Waals surface area (Å²) >= 11 is 0. The quantitative estimate of drug-likeness (QED) is 0.387. The molecule has 4 atom stereocenters. The molecule has 1 fully saturated rings. The Hall–Kier alpha value is -2.28. The topological polar surface area (TPSA) is 107 Å². The Bertz CT molecular complexity index is 671. The molecule has 7 nitrogen and oxygen atoms in total. The van der Waals surface area contributed by atoms with Gasteiger partial charge in [-0.3, -0.25) is 19.7 Å². The van der Waals surface area contributed by atoms with Gasteiger partial charge >= 0.3 is 11.9 Å². The number of nitrogens with zero attached hydrogens (tertiary/aromatic N) is 1. The van der Waals surface area contributed by atoms with Crippen molar-refractivity contribution in [2.24, 2.45) is 5.41 Å². The van der Waals surface area contributed by atoms with Gasteiger partial charge in [-0.05, 0) is 31.7 Å². The first-order chi connectivity index (χ1) is 11.7. The first-order valence-corrected chi connectivity index (χ1v) is 8.29. The number of ether oxygens (including phenoxy) is 1. The van der Waals surface area contributed by atoms with Crippen LogP contribution in [0.15, 0.2) is 30.3 Å². The van der Waals surface area contributed by atoms with Crippen LogP contribution in [0.3, 0.4) is 0 Å². The zero-order valence-corrected chi connectivity index (χ0v) is 14.6. The predicted octanol–water partition coefficient (Wildman–Crippen LogP) is 2.45. The van der Waals surface area contributed by atoms with Gasteiger partial charge in [0.05, 0.1) is 11.3 Å². The normalized spacial score (nSPS) is 32.0. The zero-order valence-electron chi connectivity index (χ0n) is 14.6. The van der Waals surface area contributed by atoms with Gasteiger partial charge in [-0.2, -0.15) is 0 Å². The summed E-state index contributed by atoms with van der Waals surface area (Å²) in [4.78, 5) is 35.4. The molecular formula is C18H23NO6. The second-order valence-electron chi connectivity index (χ2n) is 6.87. The molecule has 0 bridgehead atoms. The van der Waals surface area contributed by atoms with E-state index in [0.717, 1.165) is 6.92 Å². The Morgan fingerprint density at radius 3 is 2.40 bits per heavy atom. The highest BCUT2D eigenvalue weighted by Gasteiger charge is 2.63. The second kappa shape index (κ2) is 6.92. The minimum atomic E-state index is -1.57. The maximum Gasteiger partial charge on any atom is 0.320 e. The van der Waals surface area contributed by atoms with Crippen molar-refractivity contribution >= 4 is 11.9 Å². The van der Waals surface area contributed by atoms with Crippen LogP contribution in [0, 0.1) is 15.5 Å². The molecule has 0 saturated heterocycles. The van der Waals surface area contributed by atoms with Crippen molar-refractivity contribution in [1.82, 2.24) is 0 Å². The third-order valence-corrected chi connectivity index (χ3v) is 5.29. The van der Waals surface area contributed by atoms with Gasteiger partial charge in [-0.15, -0.1) is 0 Å². The maximum atomic E-state index is 12.8. The Kier molecular flexibility index (Phi) is 5.27. The molecule has 7 heteroatoms. The lowest BCUT2D eigenvalue weighted by Crippen LogP contribution is -2.59. The van der Waals surface area contributed by atoms with Crippen molar-refractivity contribution in [2.75, 3.05) is 0 Å². The molecule has 0 aromatic heterocycles. The first kappa shape index (κ1) is 19.1. The lowest BCUT2D eigenvalue weighted by molar-refractivity contribution is -0.556. The number of hydrogen-bond acceptors (Lipinski definition) is 6. The van der Waals surface area contributed by atoms with Crippen molar-refractivity contribution in [1.29, 1.82) is 0 Å². The van der Waals surface area contributed by atoms with Gasteiger partial charge in [-0.1, -0.05) is 37.3 Å². The van der Waals surface area contributed by atoms with E-state index in [1.165, 1.54) is 6.92 Å². The molecule has 2 rings (SSSR count). The van der Waals surface area contributed by atoms with E-state index in [-0.39, 0.29) is 19.3 Å². The highest BCUT2D eigenvalue weighted by atomic mass is 16.6. The largest absolute Gasteiger partial charge is 0.393 e. The smallest absolute Gasteiger partial charge is 0.320 e. The van der Waals surface area contributed by atoms with Crippen LogP contribution in [0.4, 0.5) is 0 Å². The summed E-state index contributed by atoms with van der Waals surface area (Å²) in [5.74, 6) is -2.41. The monoisotopic (exact) mass is 349 g/mol. The number of rotatable bonds is 4. The van der Waals surface area contributed by atoms with E-state index in [2.05, 4.69) is 0 Å². The number of hydrogen-bond donors (Lipinski definition) is 1. The summed E-state index contributed by atoms with van der Waals surface area (Å²) in [5.41, 5.74) is -2.24. The van der Waals surface area contributed by atoms with E-state index in [4.69, 9.17) is 4.74 Å². The van der Waals surface area contributed by atoms with Gasteiger partial charge in [0.2, 0.25) is 6.04 Å². The van der Waals surface area contributed by atoms with Crippen LogP contribution in [0.5, 0.6) is 0 Å².